The predicted octanol–water partition coefficient (Wildman–Crippen LogP) is 1.46. The lowest BCUT2D eigenvalue weighted by Crippen LogP contribution is -2.36. The minimum atomic E-state index is -0.461. The molecule has 0 saturated carbocycles. The number of benzene rings is 1. The van der Waals surface area contributed by atoms with Crippen molar-refractivity contribution in [1.82, 2.24) is 0 Å². The van der Waals surface area contributed by atoms with E-state index in [1.165, 1.54) is 4.90 Å². The number of carbonyl (C=O) groups excluding carboxylic acids is 2. The van der Waals surface area contributed by atoms with Crippen LogP contribution >= 0.6 is 0 Å². The number of hydrogen-bond donors (Lipinski definition) is 0. The van der Waals surface area contributed by atoms with Crippen molar-refractivity contribution in [3.8, 4) is 0 Å². The zero-order valence-electron chi connectivity index (χ0n) is 11.9. The molecule has 1 aromatic carbocycles. The van der Waals surface area contributed by atoms with E-state index in [1.807, 2.05) is 19.2 Å². The van der Waals surface area contributed by atoms with Gasteiger partial charge in [-0.05, 0) is 31.5 Å². The lowest BCUT2D eigenvalue weighted by atomic mass is 10.1. The average molecular weight is 274 g/mol. The first-order chi connectivity index (χ1) is 9.50. The largest absolute Gasteiger partial charge is 0.376 e. The molecular weight excluding hydrogens is 256 g/mol. The lowest BCUT2D eigenvalue weighted by Gasteiger charge is -2.29. The third-order valence-corrected chi connectivity index (χ3v) is 4.33. The van der Waals surface area contributed by atoms with Crippen LogP contribution in [0.15, 0.2) is 18.2 Å². The molecule has 106 valence electrons. The molecule has 0 radical (unpaired) electrons. The van der Waals surface area contributed by atoms with Gasteiger partial charge in [0, 0.05) is 26.4 Å². The molecule has 3 rings (SSSR count). The van der Waals surface area contributed by atoms with Gasteiger partial charge >= 0.3 is 0 Å². The highest BCUT2D eigenvalue weighted by molar-refractivity contribution is 6.52. The Kier molecular flexibility index (Phi) is 3.01. The minimum absolute atomic E-state index is 0.189. The third-order valence-electron chi connectivity index (χ3n) is 4.33. The molecule has 5 nitrogen and oxygen atoms in total. The second-order valence-corrected chi connectivity index (χ2v) is 5.44. The molecular formula is C15H18N2O3. The topological polar surface area (TPSA) is 49.9 Å². The maximum Gasteiger partial charge on any atom is 0.299 e. The van der Waals surface area contributed by atoms with Crippen molar-refractivity contribution in [2.75, 3.05) is 30.5 Å². The molecule has 0 N–H and O–H groups in total. The molecule has 2 unspecified atom stereocenters. The number of amides is 1. The summed E-state index contributed by atoms with van der Waals surface area (Å²) in [6, 6.07) is 5.87. The number of nitrogens with zero attached hydrogens (tertiary/aromatic N) is 2. The van der Waals surface area contributed by atoms with E-state index >= 15 is 0 Å². The Labute approximate surface area is 118 Å². The van der Waals surface area contributed by atoms with Gasteiger partial charge in [0.2, 0.25) is 0 Å². The van der Waals surface area contributed by atoms with E-state index in [2.05, 4.69) is 11.8 Å². The first kappa shape index (κ1) is 13.1. The smallest absolute Gasteiger partial charge is 0.299 e. The number of rotatable bonds is 2. The monoisotopic (exact) mass is 274 g/mol. The van der Waals surface area contributed by atoms with E-state index in [1.54, 1.807) is 13.1 Å². The second-order valence-electron chi connectivity index (χ2n) is 5.44. The molecule has 1 aromatic rings. The molecule has 0 aliphatic carbocycles. The molecule has 0 aromatic heterocycles. The number of Topliss-reactive ketones (excluding diaryl/α,β-unsaturated/α-hetero) is 1. The number of fused-ring (bicyclic) bond motifs is 1. The fourth-order valence-corrected chi connectivity index (χ4v) is 3.01. The molecule has 2 atom stereocenters. The molecule has 20 heavy (non-hydrogen) atoms. The zero-order valence-corrected chi connectivity index (χ0v) is 11.9. The molecule has 1 saturated heterocycles. The normalized spacial score (nSPS) is 25.2. The summed E-state index contributed by atoms with van der Waals surface area (Å²) >= 11 is 0. The molecule has 2 aliphatic rings. The molecule has 1 fully saturated rings. The Morgan fingerprint density at radius 3 is 2.75 bits per heavy atom. The van der Waals surface area contributed by atoms with E-state index in [-0.39, 0.29) is 6.10 Å². The fraction of sp³-hybridized carbons (Fsp3) is 0.467. The predicted molar refractivity (Wildman–Crippen MR) is 76.4 cm³/mol. The summed E-state index contributed by atoms with van der Waals surface area (Å²) in [7, 11) is 3.66. The summed E-state index contributed by atoms with van der Waals surface area (Å²) < 4.78 is 5.60. The molecule has 2 heterocycles. The highest BCUT2D eigenvalue weighted by atomic mass is 16.5. The summed E-state index contributed by atoms with van der Waals surface area (Å²) in [5, 5.41) is 0. The Morgan fingerprint density at radius 2 is 2.10 bits per heavy atom. The van der Waals surface area contributed by atoms with Crippen LogP contribution in [0.3, 0.4) is 0 Å². The van der Waals surface area contributed by atoms with Crippen LogP contribution in [0.4, 0.5) is 11.4 Å². The molecule has 0 spiro atoms. The number of carbonyl (C=O) groups is 2. The van der Waals surface area contributed by atoms with Gasteiger partial charge in [0.15, 0.2) is 0 Å². The van der Waals surface area contributed by atoms with Crippen molar-refractivity contribution < 1.29 is 14.3 Å². The van der Waals surface area contributed by atoms with Crippen molar-refractivity contribution >= 4 is 23.1 Å². The van der Waals surface area contributed by atoms with Crippen molar-refractivity contribution in [3.05, 3.63) is 23.8 Å². The summed E-state index contributed by atoms with van der Waals surface area (Å²) in [6.07, 6.45) is 1.18. The zero-order chi connectivity index (χ0) is 14.4. The summed E-state index contributed by atoms with van der Waals surface area (Å²) in [6.45, 7) is 2.85. The third kappa shape index (κ3) is 1.81. The van der Waals surface area contributed by atoms with E-state index in [0.717, 1.165) is 18.7 Å². The van der Waals surface area contributed by atoms with Gasteiger partial charge in [-0.25, -0.2) is 0 Å². The number of ketones is 1. The fourth-order valence-electron chi connectivity index (χ4n) is 3.01. The summed E-state index contributed by atoms with van der Waals surface area (Å²) in [4.78, 5) is 27.1. The van der Waals surface area contributed by atoms with Gasteiger partial charge < -0.3 is 14.5 Å². The first-order valence-electron chi connectivity index (χ1n) is 6.81. The highest BCUT2D eigenvalue weighted by Gasteiger charge is 2.34. The van der Waals surface area contributed by atoms with E-state index in [4.69, 9.17) is 4.74 Å². The Balaban J connectivity index is 1.94. The van der Waals surface area contributed by atoms with Crippen molar-refractivity contribution in [2.24, 2.45) is 0 Å². The lowest BCUT2D eigenvalue weighted by molar-refractivity contribution is -0.114. The average Bonchev–Trinajstić information content (AvgIpc) is 2.97. The van der Waals surface area contributed by atoms with Crippen LogP contribution in [0.5, 0.6) is 0 Å². The maximum atomic E-state index is 11.8. The molecule has 0 bridgehead atoms. The Bertz CT molecular complexity index is 584. The van der Waals surface area contributed by atoms with Gasteiger partial charge in [-0.1, -0.05) is 0 Å². The second kappa shape index (κ2) is 4.59. The maximum absolute atomic E-state index is 11.8. The first-order valence-corrected chi connectivity index (χ1v) is 6.81. The van der Waals surface area contributed by atoms with Crippen LogP contribution in [-0.4, -0.2) is 44.5 Å². The van der Waals surface area contributed by atoms with Gasteiger partial charge in [-0.3, -0.25) is 9.59 Å². The van der Waals surface area contributed by atoms with Crippen molar-refractivity contribution in [1.29, 1.82) is 0 Å². The minimum Gasteiger partial charge on any atom is -0.376 e. The van der Waals surface area contributed by atoms with Crippen LogP contribution in [0.25, 0.3) is 0 Å². The standard InChI is InChI=1S/C15H18N2O3/c1-9-12(6-7-20-9)16(2)10-4-5-11-13(8-10)17(3)15(19)14(11)18/h4-5,8-9,12H,6-7H2,1-3H3. The molecule has 5 heteroatoms. The SMILES string of the molecule is CC1OCCC1N(C)c1ccc2c(c1)N(C)C(=O)C2=O. The van der Waals surface area contributed by atoms with Crippen LogP contribution < -0.4 is 9.80 Å². The number of anilines is 2. The van der Waals surface area contributed by atoms with E-state index < -0.39 is 11.7 Å². The van der Waals surface area contributed by atoms with Gasteiger partial charge in [-0.15, -0.1) is 0 Å². The van der Waals surface area contributed by atoms with E-state index in [9.17, 15) is 9.59 Å². The number of likely N-dealkylation sites (N-methyl/N-ethyl adjacent to an activating group) is 2. The molecule has 1 amide bonds. The van der Waals surface area contributed by atoms with Gasteiger partial charge in [-0.2, -0.15) is 0 Å². The Hall–Kier alpha value is -1.88. The van der Waals surface area contributed by atoms with E-state index in [0.29, 0.717) is 17.3 Å². The molecule has 2 aliphatic heterocycles. The van der Waals surface area contributed by atoms with Crippen LogP contribution in [-0.2, 0) is 9.53 Å². The summed E-state index contributed by atoms with van der Waals surface area (Å²) in [5.41, 5.74) is 2.18. The summed E-state index contributed by atoms with van der Waals surface area (Å²) in [5.74, 6) is -0.883. The van der Waals surface area contributed by atoms with Gasteiger partial charge in [0.1, 0.15) is 0 Å². The van der Waals surface area contributed by atoms with Crippen LogP contribution in [0.1, 0.15) is 23.7 Å². The van der Waals surface area contributed by atoms with Gasteiger partial charge in [0.25, 0.3) is 11.7 Å². The van der Waals surface area contributed by atoms with Crippen LogP contribution in [0, 0.1) is 0 Å². The van der Waals surface area contributed by atoms with Crippen molar-refractivity contribution in [2.45, 2.75) is 25.5 Å². The number of hydrogen-bond acceptors (Lipinski definition) is 4. The highest BCUT2D eigenvalue weighted by Crippen LogP contribution is 2.33. The number of ether oxygens (including phenoxy) is 1. The van der Waals surface area contributed by atoms with Crippen molar-refractivity contribution in [3.63, 3.8) is 0 Å². The van der Waals surface area contributed by atoms with Crippen LogP contribution in [0.2, 0.25) is 0 Å². The quantitative estimate of drug-likeness (QED) is 0.766. The van der Waals surface area contributed by atoms with Gasteiger partial charge in [0.05, 0.1) is 23.4 Å². The Morgan fingerprint density at radius 1 is 1.35 bits per heavy atom.